The minimum absolute atomic E-state index is 0.279. The van der Waals surface area contributed by atoms with Gasteiger partial charge in [-0.1, -0.05) is 26.0 Å². The number of hydrogen-bond acceptors (Lipinski definition) is 4. The highest BCUT2D eigenvalue weighted by Gasteiger charge is 2.17. The number of halogens is 1. The second kappa shape index (κ2) is 6.88. The molecule has 1 N–H and O–H groups in total. The second-order valence-electron chi connectivity index (χ2n) is 4.66. The Morgan fingerprint density at radius 3 is 2.65 bits per heavy atom. The summed E-state index contributed by atoms with van der Waals surface area (Å²) >= 11 is 2.26. The zero-order valence-electron chi connectivity index (χ0n) is 11.9. The number of rotatable bonds is 5. The lowest BCUT2D eigenvalue weighted by molar-refractivity contribution is 0.449. The number of nitrogens with zero attached hydrogens (tertiary/aromatic N) is 2. The molecule has 5 heteroatoms. The van der Waals surface area contributed by atoms with Crippen molar-refractivity contribution in [1.29, 1.82) is 0 Å². The van der Waals surface area contributed by atoms with Gasteiger partial charge in [-0.3, -0.25) is 0 Å². The normalized spacial score (nSPS) is 10.7. The summed E-state index contributed by atoms with van der Waals surface area (Å²) in [5.41, 5.74) is 1.01. The van der Waals surface area contributed by atoms with Crippen LogP contribution < -0.4 is 10.1 Å². The van der Waals surface area contributed by atoms with E-state index in [0.717, 1.165) is 27.2 Å². The lowest BCUT2D eigenvalue weighted by Gasteiger charge is -2.16. The fraction of sp³-hybridized carbons (Fsp3) is 0.333. The van der Waals surface area contributed by atoms with Gasteiger partial charge in [-0.15, -0.1) is 0 Å². The van der Waals surface area contributed by atoms with Crippen molar-refractivity contribution < 1.29 is 4.74 Å². The van der Waals surface area contributed by atoms with Crippen LogP contribution in [-0.2, 0) is 0 Å². The smallest absolute Gasteiger partial charge is 0.227 e. The summed E-state index contributed by atoms with van der Waals surface area (Å²) in [6.07, 6.45) is 1.54. The lowest BCUT2D eigenvalue weighted by atomic mass is 10.1. The molecule has 1 aromatic heterocycles. The zero-order valence-corrected chi connectivity index (χ0v) is 14.0. The first-order valence-electron chi connectivity index (χ1n) is 6.64. The molecule has 0 atom stereocenters. The van der Waals surface area contributed by atoms with Gasteiger partial charge in [-0.2, -0.15) is 0 Å². The van der Waals surface area contributed by atoms with Crippen molar-refractivity contribution in [3.05, 3.63) is 39.7 Å². The van der Waals surface area contributed by atoms with Crippen molar-refractivity contribution in [3.8, 4) is 11.6 Å². The Hall–Kier alpha value is -1.37. The monoisotopic (exact) mass is 383 g/mol. The maximum absolute atomic E-state index is 5.99. The van der Waals surface area contributed by atoms with Crippen LogP contribution >= 0.6 is 22.6 Å². The highest BCUT2D eigenvalue weighted by Crippen LogP contribution is 2.34. The van der Waals surface area contributed by atoms with Crippen LogP contribution in [0.4, 0.5) is 5.82 Å². The van der Waals surface area contributed by atoms with Crippen molar-refractivity contribution in [2.24, 2.45) is 0 Å². The topological polar surface area (TPSA) is 47.0 Å². The van der Waals surface area contributed by atoms with Crippen molar-refractivity contribution in [3.63, 3.8) is 0 Å². The van der Waals surface area contributed by atoms with Crippen LogP contribution in [0.15, 0.2) is 30.6 Å². The largest absolute Gasteiger partial charge is 0.437 e. The molecule has 0 aliphatic rings. The molecule has 20 heavy (non-hydrogen) atoms. The van der Waals surface area contributed by atoms with E-state index in [-0.39, 0.29) is 5.92 Å². The van der Waals surface area contributed by atoms with Crippen molar-refractivity contribution >= 4 is 28.4 Å². The summed E-state index contributed by atoms with van der Waals surface area (Å²) < 4.78 is 7.05. The Bertz CT molecular complexity index is 587. The first-order valence-corrected chi connectivity index (χ1v) is 7.72. The number of benzene rings is 1. The molecule has 0 radical (unpaired) electrons. The van der Waals surface area contributed by atoms with E-state index < -0.39 is 0 Å². The Labute approximate surface area is 133 Å². The molecular formula is C15H18IN3O. The maximum atomic E-state index is 5.99. The number of anilines is 1. The van der Waals surface area contributed by atoms with Gasteiger partial charge < -0.3 is 10.1 Å². The predicted molar refractivity (Wildman–Crippen MR) is 89.5 cm³/mol. The van der Waals surface area contributed by atoms with E-state index in [1.54, 1.807) is 0 Å². The minimum atomic E-state index is 0.279. The van der Waals surface area contributed by atoms with Gasteiger partial charge in [0.2, 0.25) is 5.88 Å². The summed E-state index contributed by atoms with van der Waals surface area (Å²) in [6.45, 7) is 7.09. The van der Waals surface area contributed by atoms with E-state index in [0.29, 0.717) is 5.88 Å². The average molecular weight is 383 g/mol. The molecule has 0 fully saturated rings. The SMILES string of the molecule is CCNc1ncnc(Oc2ccccc2I)c1C(C)C. The van der Waals surface area contributed by atoms with Crippen LogP contribution in [0, 0.1) is 3.57 Å². The van der Waals surface area contributed by atoms with Crippen molar-refractivity contribution in [1.82, 2.24) is 9.97 Å². The minimum Gasteiger partial charge on any atom is -0.437 e. The van der Waals surface area contributed by atoms with Crippen LogP contribution in [0.2, 0.25) is 0 Å². The molecule has 0 spiro atoms. The third kappa shape index (κ3) is 3.39. The van der Waals surface area contributed by atoms with Gasteiger partial charge in [-0.25, -0.2) is 9.97 Å². The summed E-state index contributed by atoms with van der Waals surface area (Å²) in [6, 6.07) is 7.90. The van der Waals surface area contributed by atoms with E-state index in [1.165, 1.54) is 6.33 Å². The van der Waals surface area contributed by atoms with E-state index in [4.69, 9.17) is 4.74 Å². The molecule has 106 valence electrons. The third-order valence-corrected chi connectivity index (χ3v) is 3.70. The number of ether oxygens (including phenoxy) is 1. The molecule has 0 amide bonds. The quantitative estimate of drug-likeness (QED) is 0.777. The molecule has 0 unspecified atom stereocenters. The standard InChI is InChI=1S/C15H18IN3O/c1-4-17-14-13(10(2)3)15(19-9-18-14)20-12-8-6-5-7-11(12)16/h5-10H,4H2,1-3H3,(H,17,18,19). The molecule has 0 aliphatic heterocycles. The highest BCUT2D eigenvalue weighted by molar-refractivity contribution is 14.1. The summed E-state index contributed by atoms with van der Waals surface area (Å²) in [7, 11) is 0. The van der Waals surface area contributed by atoms with Crippen molar-refractivity contribution in [2.45, 2.75) is 26.7 Å². The number of hydrogen-bond donors (Lipinski definition) is 1. The molecule has 4 nitrogen and oxygen atoms in total. The molecule has 0 saturated carbocycles. The number of nitrogens with one attached hydrogen (secondary N) is 1. The van der Waals surface area contributed by atoms with E-state index >= 15 is 0 Å². The van der Waals surface area contributed by atoms with Crippen molar-refractivity contribution in [2.75, 3.05) is 11.9 Å². The summed E-state index contributed by atoms with van der Waals surface area (Å²) in [4.78, 5) is 8.61. The van der Waals surface area contributed by atoms with Crippen LogP contribution in [-0.4, -0.2) is 16.5 Å². The van der Waals surface area contributed by atoms with E-state index in [1.807, 2.05) is 31.2 Å². The van der Waals surface area contributed by atoms with Crippen LogP contribution in [0.1, 0.15) is 32.3 Å². The summed E-state index contributed by atoms with van der Waals surface area (Å²) in [5, 5.41) is 3.27. The average Bonchev–Trinajstić information content (AvgIpc) is 2.41. The van der Waals surface area contributed by atoms with Gasteiger partial charge >= 0.3 is 0 Å². The fourth-order valence-corrected chi connectivity index (χ4v) is 2.42. The lowest BCUT2D eigenvalue weighted by Crippen LogP contribution is -2.07. The first-order chi connectivity index (χ1) is 9.63. The fourth-order valence-electron chi connectivity index (χ4n) is 1.92. The predicted octanol–water partition coefficient (Wildman–Crippen LogP) is 4.43. The molecule has 2 rings (SSSR count). The Morgan fingerprint density at radius 2 is 2.00 bits per heavy atom. The Kier molecular flexibility index (Phi) is 5.17. The van der Waals surface area contributed by atoms with Gasteiger partial charge in [-0.05, 0) is 47.6 Å². The number of para-hydroxylation sites is 1. The molecule has 1 aromatic carbocycles. The second-order valence-corrected chi connectivity index (χ2v) is 5.82. The molecule has 0 aliphatic carbocycles. The van der Waals surface area contributed by atoms with Gasteiger partial charge in [0.25, 0.3) is 0 Å². The van der Waals surface area contributed by atoms with E-state index in [2.05, 4.69) is 51.7 Å². The van der Waals surface area contributed by atoms with Crippen LogP contribution in [0.5, 0.6) is 11.6 Å². The molecule has 0 bridgehead atoms. The van der Waals surface area contributed by atoms with Gasteiger partial charge in [0.05, 0.1) is 9.13 Å². The van der Waals surface area contributed by atoms with Gasteiger partial charge in [0.1, 0.15) is 17.9 Å². The molecule has 1 heterocycles. The van der Waals surface area contributed by atoms with Crippen LogP contribution in [0.25, 0.3) is 0 Å². The van der Waals surface area contributed by atoms with Gasteiger partial charge in [0, 0.05) is 6.54 Å². The van der Waals surface area contributed by atoms with Crippen LogP contribution in [0.3, 0.4) is 0 Å². The van der Waals surface area contributed by atoms with E-state index in [9.17, 15) is 0 Å². The molecular weight excluding hydrogens is 365 g/mol. The Balaban J connectivity index is 2.41. The molecule has 2 aromatic rings. The Morgan fingerprint density at radius 1 is 1.25 bits per heavy atom. The zero-order chi connectivity index (χ0) is 14.5. The summed E-state index contributed by atoms with van der Waals surface area (Å²) in [5.74, 6) is 2.56. The molecule has 0 saturated heterocycles. The first kappa shape index (κ1) is 15.0. The number of aromatic nitrogens is 2. The van der Waals surface area contributed by atoms with Gasteiger partial charge in [0.15, 0.2) is 0 Å². The maximum Gasteiger partial charge on any atom is 0.227 e. The third-order valence-electron chi connectivity index (χ3n) is 2.81. The highest BCUT2D eigenvalue weighted by atomic mass is 127.